The third-order valence-corrected chi connectivity index (χ3v) is 6.22. The summed E-state index contributed by atoms with van der Waals surface area (Å²) >= 11 is 1.61. The first-order chi connectivity index (χ1) is 13.9. The fourth-order valence-electron chi connectivity index (χ4n) is 3.64. The van der Waals surface area contributed by atoms with Gasteiger partial charge in [-0.1, -0.05) is 6.07 Å². The highest BCUT2D eigenvalue weighted by molar-refractivity contribution is 7.12. The number of benzene rings is 1. The van der Waals surface area contributed by atoms with Crippen LogP contribution in [-0.4, -0.2) is 54.8 Å². The van der Waals surface area contributed by atoms with Crippen LogP contribution >= 0.6 is 11.3 Å². The van der Waals surface area contributed by atoms with Crippen LogP contribution in [0.1, 0.15) is 38.5 Å². The minimum Gasteiger partial charge on any atom is -0.494 e. The van der Waals surface area contributed by atoms with Crippen LogP contribution in [0.3, 0.4) is 0 Å². The number of rotatable bonds is 7. The van der Waals surface area contributed by atoms with E-state index in [1.165, 1.54) is 13.2 Å². The standard InChI is InChI=1S/C22H27FN2O3S/c1-15-12-18(16(2)29-15)20(26)5-7-22(27)25-10-8-24(9-11-25)14-17-4-6-21(28-3)19(23)13-17/h4,6,12-13H,5,7-11,14H2,1-3H3. The number of hydrogen-bond acceptors (Lipinski definition) is 5. The number of carbonyl (C=O) groups excluding carboxylic acids is 2. The first-order valence-corrected chi connectivity index (χ1v) is 10.6. The molecule has 1 amide bonds. The molecule has 1 saturated heterocycles. The fourth-order valence-corrected chi connectivity index (χ4v) is 4.59. The van der Waals surface area contributed by atoms with Gasteiger partial charge in [-0.15, -0.1) is 11.3 Å². The Bertz CT molecular complexity index is 888. The molecule has 3 rings (SSSR count). The number of piperazine rings is 1. The molecule has 0 N–H and O–H groups in total. The molecular weight excluding hydrogens is 391 g/mol. The van der Waals surface area contributed by atoms with E-state index in [4.69, 9.17) is 4.74 Å². The van der Waals surface area contributed by atoms with Crippen LogP contribution in [-0.2, 0) is 11.3 Å². The van der Waals surface area contributed by atoms with Crippen LogP contribution < -0.4 is 4.74 Å². The van der Waals surface area contributed by atoms with Crippen LogP contribution in [0, 0.1) is 19.7 Å². The van der Waals surface area contributed by atoms with Gasteiger partial charge in [0, 0.05) is 60.9 Å². The Hall–Kier alpha value is -2.25. The van der Waals surface area contributed by atoms with E-state index in [0.717, 1.165) is 34.0 Å². The maximum atomic E-state index is 13.8. The number of Topliss-reactive ketones (excluding diaryl/α,β-unsaturated/α-hetero) is 1. The Morgan fingerprint density at radius 3 is 2.41 bits per heavy atom. The topological polar surface area (TPSA) is 49.9 Å². The third kappa shape index (κ3) is 5.42. The van der Waals surface area contributed by atoms with E-state index in [0.29, 0.717) is 19.6 Å². The number of amides is 1. The highest BCUT2D eigenvalue weighted by Crippen LogP contribution is 2.23. The average Bonchev–Trinajstić information content (AvgIpc) is 3.04. The van der Waals surface area contributed by atoms with E-state index < -0.39 is 0 Å². The second kappa shape index (κ2) is 9.50. The second-order valence-corrected chi connectivity index (χ2v) is 8.84. The number of nitrogens with zero attached hydrogens (tertiary/aromatic N) is 2. The molecule has 0 unspecified atom stereocenters. The summed E-state index contributed by atoms with van der Waals surface area (Å²) in [6.07, 6.45) is 0.498. The van der Waals surface area contributed by atoms with Gasteiger partial charge in [-0.05, 0) is 37.6 Å². The van der Waals surface area contributed by atoms with Gasteiger partial charge in [0.1, 0.15) is 0 Å². The van der Waals surface area contributed by atoms with Crippen LogP contribution in [0.15, 0.2) is 24.3 Å². The molecule has 5 nitrogen and oxygen atoms in total. The molecule has 0 spiro atoms. The molecule has 0 radical (unpaired) electrons. The molecule has 1 aliphatic rings. The van der Waals surface area contributed by atoms with Crippen molar-refractivity contribution in [1.82, 2.24) is 9.80 Å². The number of carbonyl (C=O) groups is 2. The summed E-state index contributed by atoms with van der Waals surface area (Å²) in [6, 6.07) is 6.90. The van der Waals surface area contributed by atoms with Crippen LogP contribution in [0.25, 0.3) is 0 Å². The van der Waals surface area contributed by atoms with Gasteiger partial charge in [0.25, 0.3) is 0 Å². The van der Waals surface area contributed by atoms with Crippen molar-refractivity contribution in [2.75, 3.05) is 33.3 Å². The number of halogens is 1. The van der Waals surface area contributed by atoms with Gasteiger partial charge in [-0.25, -0.2) is 4.39 Å². The zero-order chi connectivity index (χ0) is 21.0. The van der Waals surface area contributed by atoms with Crippen molar-refractivity contribution in [2.24, 2.45) is 0 Å². The molecule has 0 saturated carbocycles. The van der Waals surface area contributed by atoms with Gasteiger partial charge >= 0.3 is 0 Å². The van der Waals surface area contributed by atoms with Gasteiger partial charge in [-0.3, -0.25) is 14.5 Å². The summed E-state index contributed by atoms with van der Waals surface area (Å²) in [5, 5.41) is 0. The molecule has 0 atom stereocenters. The van der Waals surface area contributed by atoms with Crippen molar-refractivity contribution >= 4 is 23.0 Å². The average molecular weight is 419 g/mol. The maximum absolute atomic E-state index is 13.8. The first kappa shape index (κ1) is 21.5. The highest BCUT2D eigenvalue weighted by Gasteiger charge is 2.22. The van der Waals surface area contributed by atoms with Crippen LogP contribution in [0.5, 0.6) is 5.75 Å². The Kier molecular flexibility index (Phi) is 7.03. The number of ketones is 1. The monoisotopic (exact) mass is 418 g/mol. The summed E-state index contributed by atoms with van der Waals surface area (Å²) < 4.78 is 18.8. The summed E-state index contributed by atoms with van der Waals surface area (Å²) in [6.45, 7) is 7.29. The number of aryl methyl sites for hydroxylation is 2. The first-order valence-electron chi connectivity index (χ1n) is 9.80. The zero-order valence-electron chi connectivity index (χ0n) is 17.2. The summed E-state index contributed by atoms with van der Waals surface area (Å²) in [7, 11) is 1.45. The quantitative estimate of drug-likeness (QED) is 0.642. The molecular formula is C22H27FN2O3S. The molecule has 1 aromatic heterocycles. The Morgan fingerprint density at radius 2 is 1.83 bits per heavy atom. The summed E-state index contributed by atoms with van der Waals surface area (Å²) in [5.41, 5.74) is 1.63. The third-order valence-electron chi connectivity index (χ3n) is 5.25. The number of hydrogen-bond donors (Lipinski definition) is 0. The lowest BCUT2D eigenvalue weighted by atomic mass is 10.1. The Balaban J connectivity index is 1.45. The predicted molar refractivity (Wildman–Crippen MR) is 112 cm³/mol. The molecule has 156 valence electrons. The van der Waals surface area contributed by atoms with E-state index in [-0.39, 0.29) is 36.1 Å². The van der Waals surface area contributed by atoms with Crippen molar-refractivity contribution in [3.05, 3.63) is 51.0 Å². The van der Waals surface area contributed by atoms with Gasteiger partial charge in [0.2, 0.25) is 5.91 Å². The molecule has 7 heteroatoms. The molecule has 1 aliphatic heterocycles. The fraction of sp³-hybridized carbons (Fsp3) is 0.455. The largest absolute Gasteiger partial charge is 0.494 e. The molecule has 1 aromatic carbocycles. The molecule has 1 fully saturated rings. The maximum Gasteiger partial charge on any atom is 0.223 e. The molecule has 2 heterocycles. The lowest BCUT2D eigenvalue weighted by Gasteiger charge is -2.34. The summed E-state index contributed by atoms with van der Waals surface area (Å²) in [4.78, 5) is 31.0. The summed E-state index contributed by atoms with van der Waals surface area (Å²) in [5.74, 6) is -0.0514. The molecule has 2 aromatic rings. The van der Waals surface area contributed by atoms with Crippen LogP contribution in [0.4, 0.5) is 4.39 Å². The van der Waals surface area contributed by atoms with E-state index in [1.54, 1.807) is 17.4 Å². The Labute approximate surface area is 175 Å². The van der Waals surface area contributed by atoms with Crippen molar-refractivity contribution in [2.45, 2.75) is 33.2 Å². The van der Waals surface area contributed by atoms with Crippen molar-refractivity contribution < 1.29 is 18.7 Å². The highest BCUT2D eigenvalue weighted by atomic mass is 32.1. The lowest BCUT2D eigenvalue weighted by molar-refractivity contribution is -0.132. The van der Waals surface area contributed by atoms with Gasteiger partial charge in [-0.2, -0.15) is 0 Å². The number of thiophene rings is 1. The van der Waals surface area contributed by atoms with Gasteiger partial charge in [0.15, 0.2) is 17.3 Å². The lowest BCUT2D eigenvalue weighted by Crippen LogP contribution is -2.48. The smallest absolute Gasteiger partial charge is 0.223 e. The molecule has 0 bridgehead atoms. The van der Waals surface area contributed by atoms with Crippen molar-refractivity contribution in [3.8, 4) is 5.75 Å². The second-order valence-electron chi connectivity index (χ2n) is 7.38. The van der Waals surface area contributed by atoms with E-state index in [2.05, 4.69) is 4.90 Å². The minimum atomic E-state index is -0.362. The van der Waals surface area contributed by atoms with Gasteiger partial charge < -0.3 is 9.64 Å². The van der Waals surface area contributed by atoms with Crippen LogP contribution in [0.2, 0.25) is 0 Å². The SMILES string of the molecule is COc1ccc(CN2CCN(C(=O)CCC(=O)c3cc(C)sc3C)CC2)cc1F. The van der Waals surface area contributed by atoms with E-state index in [9.17, 15) is 14.0 Å². The number of ether oxygens (including phenoxy) is 1. The predicted octanol–water partition coefficient (Wildman–Crippen LogP) is 3.82. The van der Waals surface area contributed by atoms with E-state index >= 15 is 0 Å². The normalized spacial score (nSPS) is 14.8. The zero-order valence-corrected chi connectivity index (χ0v) is 18.0. The minimum absolute atomic E-state index is 0.0260. The molecule has 29 heavy (non-hydrogen) atoms. The molecule has 0 aliphatic carbocycles. The van der Waals surface area contributed by atoms with Gasteiger partial charge in [0.05, 0.1) is 7.11 Å². The van der Waals surface area contributed by atoms with E-state index in [1.807, 2.05) is 30.9 Å². The van der Waals surface area contributed by atoms with Crippen molar-refractivity contribution in [3.63, 3.8) is 0 Å². The van der Waals surface area contributed by atoms with Crippen molar-refractivity contribution in [1.29, 1.82) is 0 Å². The number of methoxy groups -OCH3 is 1. The Morgan fingerprint density at radius 1 is 1.10 bits per heavy atom.